The molecule has 0 fully saturated rings. The van der Waals surface area contributed by atoms with Crippen LogP contribution in [0.25, 0.3) is 4.85 Å². The van der Waals surface area contributed by atoms with Crippen molar-refractivity contribution in [3.05, 3.63) is 33.9 Å². The van der Waals surface area contributed by atoms with Gasteiger partial charge < -0.3 is 4.74 Å². The van der Waals surface area contributed by atoms with Gasteiger partial charge in [-0.15, -0.1) is 0 Å². The minimum atomic E-state index is -0.556. The summed E-state index contributed by atoms with van der Waals surface area (Å²) in [5.74, 6) is -0.556. The molecule has 4 nitrogen and oxygen atoms in total. The number of hydrogen-bond acceptors (Lipinski definition) is 3. The van der Waals surface area contributed by atoms with Crippen LogP contribution in [0.15, 0.2) is 6.07 Å². The smallest absolute Gasteiger partial charge is 0.339 e. The number of carbonyl (C=O) groups is 1. The molecule has 78 valence electrons. The Bertz CT molecular complexity index is 438. The average molecular weight is 225 g/mol. The van der Waals surface area contributed by atoms with Gasteiger partial charge in [-0.3, -0.25) is 4.98 Å². The molecule has 0 bridgehead atoms. The highest BCUT2D eigenvalue weighted by molar-refractivity contribution is 6.32. The lowest BCUT2D eigenvalue weighted by atomic mass is 10.2. The molecule has 0 atom stereocenters. The maximum atomic E-state index is 11.4. The van der Waals surface area contributed by atoms with Gasteiger partial charge in [0, 0.05) is 5.69 Å². The summed E-state index contributed by atoms with van der Waals surface area (Å²) in [5.41, 5.74) is 0.945. The van der Waals surface area contributed by atoms with Crippen molar-refractivity contribution < 1.29 is 9.53 Å². The first-order valence-electron chi connectivity index (χ1n) is 4.31. The van der Waals surface area contributed by atoms with Crippen molar-refractivity contribution in [2.75, 3.05) is 6.61 Å². The zero-order valence-corrected chi connectivity index (χ0v) is 9.13. The number of aryl methyl sites for hydroxylation is 1. The molecule has 0 saturated heterocycles. The number of hydrogen-bond donors (Lipinski definition) is 0. The SMILES string of the molecule is [C-]#[N+]c1cc(C(=O)OCC)c(Cl)nc1C. The number of nitrogens with zero attached hydrogens (tertiary/aromatic N) is 2. The van der Waals surface area contributed by atoms with Gasteiger partial charge in [-0.05, 0) is 19.9 Å². The van der Waals surface area contributed by atoms with Gasteiger partial charge in [-0.25, -0.2) is 9.64 Å². The van der Waals surface area contributed by atoms with E-state index in [4.69, 9.17) is 22.9 Å². The molecule has 0 aromatic carbocycles. The Morgan fingerprint density at radius 1 is 1.73 bits per heavy atom. The number of halogens is 1. The van der Waals surface area contributed by atoms with Gasteiger partial charge in [-0.2, -0.15) is 0 Å². The standard InChI is InChI=1S/C10H9ClN2O2/c1-4-15-10(14)7-5-8(12-3)6(2)13-9(7)11/h5H,4H2,1-2H3. The third-order valence-corrected chi connectivity index (χ3v) is 2.04. The Kier molecular flexibility index (Phi) is 3.64. The van der Waals surface area contributed by atoms with E-state index < -0.39 is 5.97 Å². The first kappa shape index (κ1) is 11.5. The Morgan fingerprint density at radius 2 is 2.40 bits per heavy atom. The van der Waals surface area contributed by atoms with E-state index in [0.717, 1.165) is 0 Å². The van der Waals surface area contributed by atoms with E-state index in [1.54, 1.807) is 13.8 Å². The van der Waals surface area contributed by atoms with Crippen LogP contribution in [0.5, 0.6) is 0 Å². The summed E-state index contributed by atoms with van der Waals surface area (Å²) in [6, 6.07) is 1.40. The largest absolute Gasteiger partial charge is 0.462 e. The zero-order valence-electron chi connectivity index (χ0n) is 8.37. The maximum Gasteiger partial charge on any atom is 0.339 e. The Labute approximate surface area is 92.7 Å². The monoisotopic (exact) mass is 224 g/mol. The minimum Gasteiger partial charge on any atom is -0.462 e. The number of ether oxygens (including phenoxy) is 1. The van der Waals surface area contributed by atoms with Crippen LogP contribution in [0, 0.1) is 13.5 Å². The molecule has 0 amide bonds. The van der Waals surface area contributed by atoms with Gasteiger partial charge in [0.2, 0.25) is 5.69 Å². The van der Waals surface area contributed by atoms with Crippen LogP contribution in [0.2, 0.25) is 5.15 Å². The number of pyridine rings is 1. The van der Waals surface area contributed by atoms with Gasteiger partial charge in [0.05, 0.1) is 18.7 Å². The number of rotatable bonds is 2. The van der Waals surface area contributed by atoms with Crippen molar-refractivity contribution in [1.29, 1.82) is 0 Å². The summed E-state index contributed by atoms with van der Waals surface area (Å²) in [6.45, 7) is 10.5. The second kappa shape index (κ2) is 4.76. The normalized spacial score (nSPS) is 9.47. The Balaban J connectivity index is 3.20. The molecule has 1 rings (SSSR count). The van der Waals surface area contributed by atoms with Crippen LogP contribution in [-0.4, -0.2) is 17.6 Å². The minimum absolute atomic E-state index is 0.0679. The molecule has 1 aromatic heterocycles. The van der Waals surface area contributed by atoms with Gasteiger partial charge >= 0.3 is 5.97 Å². The van der Waals surface area contributed by atoms with Crippen molar-refractivity contribution in [3.63, 3.8) is 0 Å². The summed E-state index contributed by atoms with van der Waals surface area (Å²) in [5, 5.41) is 0.0679. The molecule has 0 N–H and O–H groups in total. The van der Waals surface area contributed by atoms with Crippen LogP contribution in [-0.2, 0) is 4.74 Å². The quantitative estimate of drug-likeness (QED) is 0.441. The first-order chi connectivity index (χ1) is 7.10. The molecule has 15 heavy (non-hydrogen) atoms. The molecule has 1 heterocycles. The predicted octanol–water partition coefficient (Wildman–Crippen LogP) is 2.77. The van der Waals surface area contributed by atoms with Crippen molar-refractivity contribution in [1.82, 2.24) is 4.98 Å². The molecule has 0 spiro atoms. The second-order valence-electron chi connectivity index (χ2n) is 2.76. The fourth-order valence-electron chi connectivity index (χ4n) is 1.03. The molecule has 0 saturated carbocycles. The van der Waals surface area contributed by atoms with Gasteiger partial charge in [-0.1, -0.05) is 11.6 Å². The van der Waals surface area contributed by atoms with E-state index in [9.17, 15) is 4.79 Å². The molecule has 1 aromatic rings. The molecular formula is C10H9ClN2O2. The second-order valence-corrected chi connectivity index (χ2v) is 3.12. The molecule has 0 aliphatic heterocycles. The average Bonchev–Trinajstić information content (AvgIpc) is 2.18. The first-order valence-corrected chi connectivity index (χ1v) is 4.69. The van der Waals surface area contributed by atoms with Crippen molar-refractivity contribution in [2.24, 2.45) is 0 Å². The molecule has 0 radical (unpaired) electrons. The lowest BCUT2D eigenvalue weighted by molar-refractivity contribution is 0.0526. The van der Waals surface area contributed by atoms with Crippen LogP contribution in [0.3, 0.4) is 0 Å². The van der Waals surface area contributed by atoms with Crippen molar-refractivity contribution >= 4 is 23.3 Å². The third kappa shape index (κ3) is 2.45. The topological polar surface area (TPSA) is 43.5 Å². The van der Waals surface area contributed by atoms with Crippen LogP contribution in [0.1, 0.15) is 23.0 Å². The molecular weight excluding hydrogens is 216 g/mol. The number of esters is 1. The summed E-state index contributed by atoms with van der Waals surface area (Å²) in [7, 11) is 0. The summed E-state index contributed by atoms with van der Waals surface area (Å²) < 4.78 is 4.78. The lowest BCUT2D eigenvalue weighted by Crippen LogP contribution is -2.06. The van der Waals surface area contributed by atoms with Crippen LogP contribution in [0.4, 0.5) is 5.69 Å². The highest BCUT2D eigenvalue weighted by Crippen LogP contribution is 2.24. The van der Waals surface area contributed by atoms with Crippen LogP contribution >= 0.6 is 11.6 Å². The number of carbonyl (C=O) groups excluding carboxylic acids is 1. The highest BCUT2D eigenvalue weighted by atomic mass is 35.5. The Hall–Kier alpha value is -1.60. The van der Waals surface area contributed by atoms with E-state index in [2.05, 4.69) is 9.83 Å². The van der Waals surface area contributed by atoms with Crippen molar-refractivity contribution in [3.8, 4) is 0 Å². The summed E-state index contributed by atoms with van der Waals surface area (Å²) in [4.78, 5) is 18.5. The van der Waals surface area contributed by atoms with Gasteiger partial charge in [0.25, 0.3) is 0 Å². The molecule has 0 unspecified atom stereocenters. The molecule has 5 heteroatoms. The fraction of sp³-hybridized carbons (Fsp3) is 0.300. The van der Waals surface area contributed by atoms with E-state index in [0.29, 0.717) is 11.4 Å². The third-order valence-electron chi connectivity index (χ3n) is 1.76. The fourth-order valence-corrected chi connectivity index (χ4v) is 1.29. The number of aromatic nitrogens is 1. The zero-order chi connectivity index (χ0) is 11.4. The summed E-state index contributed by atoms with van der Waals surface area (Å²) in [6.07, 6.45) is 0. The van der Waals surface area contributed by atoms with Gasteiger partial charge in [0.15, 0.2) is 0 Å². The lowest BCUT2D eigenvalue weighted by Gasteiger charge is -2.05. The van der Waals surface area contributed by atoms with E-state index in [1.165, 1.54) is 6.07 Å². The van der Waals surface area contributed by atoms with Gasteiger partial charge in [0.1, 0.15) is 5.15 Å². The summed E-state index contributed by atoms with van der Waals surface area (Å²) >= 11 is 5.77. The predicted molar refractivity (Wildman–Crippen MR) is 56.2 cm³/mol. The van der Waals surface area contributed by atoms with Crippen molar-refractivity contribution in [2.45, 2.75) is 13.8 Å². The van der Waals surface area contributed by atoms with E-state index in [-0.39, 0.29) is 17.3 Å². The van der Waals surface area contributed by atoms with E-state index in [1.807, 2.05) is 0 Å². The van der Waals surface area contributed by atoms with E-state index >= 15 is 0 Å². The maximum absolute atomic E-state index is 11.4. The highest BCUT2D eigenvalue weighted by Gasteiger charge is 2.15. The van der Waals surface area contributed by atoms with Crippen LogP contribution < -0.4 is 0 Å². The Morgan fingerprint density at radius 3 is 2.93 bits per heavy atom. The molecule has 0 aliphatic carbocycles. The molecule has 0 aliphatic rings.